The molecule has 1 aliphatic rings. The fraction of sp³-hybridized carbons (Fsp3) is 0.375. The molecule has 1 saturated heterocycles. The molecule has 182 valence electrons. The average Bonchev–Trinajstić information content (AvgIpc) is 3.27. The van der Waals surface area contributed by atoms with Crippen molar-refractivity contribution in [1.29, 1.82) is 0 Å². The molecule has 11 heteroatoms. The van der Waals surface area contributed by atoms with Gasteiger partial charge in [0.2, 0.25) is 0 Å². The van der Waals surface area contributed by atoms with E-state index < -0.39 is 5.82 Å². The molecule has 0 spiro atoms. The minimum atomic E-state index is -0.652. The summed E-state index contributed by atoms with van der Waals surface area (Å²) in [6, 6.07) is 2.95. The summed E-state index contributed by atoms with van der Waals surface area (Å²) in [4.78, 5) is 29.2. The molecule has 4 aromatic heterocycles. The van der Waals surface area contributed by atoms with Gasteiger partial charge < -0.3 is 9.64 Å². The summed E-state index contributed by atoms with van der Waals surface area (Å²) in [5.74, 6) is 0.508. The molecule has 0 bridgehead atoms. The normalized spacial score (nSPS) is 16.3. The number of morpholine rings is 1. The zero-order valence-electron chi connectivity index (χ0n) is 19.7. The van der Waals surface area contributed by atoms with E-state index in [0.717, 1.165) is 12.0 Å². The van der Waals surface area contributed by atoms with Crippen molar-refractivity contribution in [3.05, 3.63) is 63.3 Å². The first kappa shape index (κ1) is 23.4. The number of aromatic nitrogens is 6. The van der Waals surface area contributed by atoms with E-state index >= 15 is 4.39 Å². The van der Waals surface area contributed by atoms with Crippen LogP contribution in [0.3, 0.4) is 0 Å². The van der Waals surface area contributed by atoms with E-state index in [1.807, 2.05) is 25.1 Å². The number of hydrogen-bond acceptors (Lipinski definition) is 7. The van der Waals surface area contributed by atoms with Gasteiger partial charge in [0, 0.05) is 50.7 Å². The number of fused-ring (bicyclic) bond motifs is 1. The third kappa shape index (κ3) is 4.39. The maximum atomic E-state index is 15.0. The minimum absolute atomic E-state index is 0.0379. The number of anilines is 1. The van der Waals surface area contributed by atoms with Gasteiger partial charge in [-0.05, 0) is 19.4 Å². The Morgan fingerprint density at radius 3 is 2.77 bits per heavy atom. The monoisotopic (exact) mass is 497 g/mol. The number of rotatable bonds is 5. The molecule has 35 heavy (non-hydrogen) atoms. The SMILES string of the molecule is CCCn1c(C)nc2cc(N3CCO[C@@H](c4cnn(C)c4)C3)nc(-c3ncc(Cl)cc3F)c2c1=O. The number of halogens is 2. The summed E-state index contributed by atoms with van der Waals surface area (Å²) in [6.45, 7) is 5.86. The lowest BCUT2D eigenvalue weighted by Crippen LogP contribution is -2.39. The molecule has 1 atom stereocenters. The second-order valence-corrected chi connectivity index (χ2v) is 9.01. The van der Waals surface area contributed by atoms with Crippen molar-refractivity contribution in [3.63, 3.8) is 0 Å². The van der Waals surface area contributed by atoms with Crippen LogP contribution in [0.5, 0.6) is 0 Å². The van der Waals surface area contributed by atoms with Gasteiger partial charge in [0.15, 0.2) is 5.82 Å². The van der Waals surface area contributed by atoms with Gasteiger partial charge in [0.25, 0.3) is 5.56 Å². The highest BCUT2D eigenvalue weighted by molar-refractivity contribution is 6.30. The smallest absolute Gasteiger partial charge is 0.263 e. The molecule has 0 saturated carbocycles. The van der Waals surface area contributed by atoms with Crippen LogP contribution in [-0.2, 0) is 18.3 Å². The quantitative estimate of drug-likeness (QED) is 0.415. The molecule has 1 aliphatic heterocycles. The molecule has 1 fully saturated rings. The first-order chi connectivity index (χ1) is 16.9. The highest BCUT2D eigenvalue weighted by Crippen LogP contribution is 2.31. The molecule has 5 heterocycles. The van der Waals surface area contributed by atoms with E-state index in [4.69, 9.17) is 26.3 Å². The molecular formula is C24H25ClFN7O2. The van der Waals surface area contributed by atoms with Gasteiger partial charge in [0.1, 0.15) is 29.1 Å². The van der Waals surface area contributed by atoms with E-state index in [1.165, 1.54) is 12.3 Å². The summed E-state index contributed by atoms with van der Waals surface area (Å²) >= 11 is 5.94. The van der Waals surface area contributed by atoms with Crippen LogP contribution in [0.2, 0.25) is 5.02 Å². The lowest BCUT2D eigenvalue weighted by molar-refractivity contribution is 0.0395. The zero-order valence-corrected chi connectivity index (χ0v) is 20.5. The fourth-order valence-corrected chi connectivity index (χ4v) is 4.55. The van der Waals surface area contributed by atoms with Crippen molar-refractivity contribution in [2.24, 2.45) is 7.05 Å². The summed E-state index contributed by atoms with van der Waals surface area (Å²) < 4.78 is 24.3. The number of nitrogens with zero attached hydrogens (tertiary/aromatic N) is 7. The Hall–Kier alpha value is -3.37. The van der Waals surface area contributed by atoms with E-state index in [0.29, 0.717) is 43.4 Å². The summed E-state index contributed by atoms with van der Waals surface area (Å²) in [5.41, 5.74) is 1.25. The van der Waals surface area contributed by atoms with Crippen LogP contribution < -0.4 is 10.5 Å². The topological polar surface area (TPSA) is 91.0 Å². The second-order valence-electron chi connectivity index (χ2n) is 8.58. The molecule has 0 unspecified atom stereocenters. The molecule has 0 aliphatic carbocycles. The standard InChI is InChI=1S/C24H25ClFN7O2/c1-4-5-33-14(2)29-18-9-20(32-6-7-35-19(13-32)15-10-28-31(3)12-15)30-23(21(18)24(33)34)22-17(26)8-16(25)11-27-22/h8-12,19H,4-7,13H2,1-3H3/t19-/m1/s1. The minimum Gasteiger partial charge on any atom is -0.370 e. The molecular weight excluding hydrogens is 473 g/mol. The van der Waals surface area contributed by atoms with Gasteiger partial charge >= 0.3 is 0 Å². The number of hydrogen-bond donors (Lipinski definition) is 0. The van der Waals surface area contributed by atoms with Gasteiger partial charge in [0.05, 0.1) is 28.7 Å². The van der Waals surface area contributed by atoms with Crippen LogP contribution in [0.15, 0.2) is 35.5 Å². The van der Waals surface area contributed by atoms with Gasteiger partial charge in [-0.15, -0.1) is 0 Å². The molecule has 9 nitrogen and oxygen atoms in total. The average molecular weight is 498 g/mol. The predicted octanol–water partition coefficient (Wildman–Crippen LogP) is 3.68. The first-order valence-corrected chi connectivity index (χ1v) is 11.8. The van der Waals surface area contributed by atoms with Crippen LogP contribution in [0.4, 0.5) is 10.2 Å². The fourth-order valence-electron chi connectivity index (χ4n) is 4.41. The van der Waals surface area contributed by atoms with Gasteiger partial charge in [-0.1, -0.05) is 18.5 Å². The highest BCUT2D eigenvalue weighted by Gasteiger charge is 2.27. The highest BCUT2D eigenvalue weighted by atomic mass is 35.5. The number of ether oxygens (including phenoxy) is 1. The van der Waals surface area contributed by atoms with Gasteiger partial charge in [-0.2, -0.15) is 5.10 Å². The van der Waals surface area contributed by atoms with Crippen LogP contribution >= 0.6 is 11.6 Å². The van der Waals surface area contributed by atoms with Crippen molar-refractivity contribution < 1.29 is 9.13 Å². The van der Waals surface area contributed by atoms with Crippen LogP contribution in [0.25, 0.3) is 22.3 Å². The molecule has 0 amide bonds. The first-order valence-electron chi connectivity index (χ1n) is 11.4. The van der Waals surface area contributed by atoms with Gasteiger partial charge in [-0.3, -0.25) is 14.0 Å². The molecule has 0 radical (unpaired) electrons. The maximum absolute atomic E-state index is 15.0. The van der Waals surface area contributed by atoms with Crippen molar-refractivity contribution in [2.75, 3.05) is 24.6 Å². The van der Waals surface area contributed by atoms with Crippen molar-refractivity contribution in [1.82, 2.24) is 29.3 Å². The van der Waals surface area contributed by atoms with Crippen LogP contribution in [0, 0.1) is 12.7 Å². The summed E-state index contributed by atoms with van der Waals surface area (Å²) in [7, 11) is 1.86. The number of pyridine rings is 2. The van der Waals surface area contributed by atoms with E-state index in [1.54, 1.807) is 28.4 Å². The van der Waals surface area contributed by atoms with E-state index in [-0.39, 0.29) is 33.5 Å². The van der Waals surface area contributed by atoms with E-state index in [9.17, 15) is 4.79 Å². The lowest BCUT2D eigenvalue weighted by atomic mass is 10.1. The zero-order chi connectivity index (χ0) is 24.7. The summed E-state index contributed by atoms with van der Waals surface area (Å²) in [5, 5.41) is 4.64. The van der Waals surface area contributed by atoms with Crippen LogP contribution in [0.1, 0.15) is 30.8 Å². The Morgan fingerprint density at radius 2 is 2.06 bits per heavy atom. The largest absolute Gasteiger partial charge is 0.370 e. The maximum Gasteiger partial charge on any atom is 0.263 e. The molecule has 4 aromatic rings. The molecule has 0 N–H and O–H groups in total. The van der Waals surface area contributed by atoms with Crippen LogP contribution in [-0.4, -0.2) is 49.0 Å². The summed E-state index contributed by atoms with van der Waals surface area (Å²) in [6.07, 6.45) is 5.60. The Kier molecular flexibility index (Phi) is 6.24. The van der Waals surface area contributed by atoms with Crippen molar-refractivity contribution >= 4 is 28.3 Å². The molecule has 5 rings (SSSR count). The Morgan fingerprint density at radius 1 is 1.23 bits per heavy atom. The van der Waals surface area contributed by atoms with Crippen molar-refractivity contribution in [2.45, 2.75) is 32.9 Å². The second kappa shape index (κ2) is 9.35. The lowest BCUT2D eigenvalue weighted by Gasteiger charge is -2.33. The predicted molar refractivity (Wildman–Crippen MR) is 131 cm³/mol. The third-order valence-electron chi connectivity index (χ3n) is 6.08. The Labute approximate surface area is 206 Å². The Balaban J connectivity index is 1.68. The van der Waals surface area contributed by atoms with Crippen molar-refractivity contribution in [3.8, 4) is 11.4 Å². The van der Waals surface area contributed by atoms with Gasteiger partial charge in [-0.25, -0.2) is 19.3 Å². The Bertz CT molecular complexity index is 1470. The number of aryl methyl sites for hydroxylation is 2. The third-order valence-corrected chi connectivity index (χ3v) is 6.29. The molecule has 0 aromatic carbocycles. The van der Waals surface area contributed by atoms with E-state index in [2.05, 4.69) is 10.1 Å².